The molecule has 0 amide bonds. The molecule has 0 saturated carbocycles. The van der Waals surface area contributed by atoms with E-state index in [1.165, 1.54) is 22.3 Å². The summed E-state index contributed by atoms with van der Waals surface area (Å²) in [6, 6.07) is 0. The van der Waals surface area contributed by atoms with Crippen molar-refractivity contribution in [3.05, 3.63) is 22.3 Å². The molecule has 0 aliphatic heterocycles. The standard InChI is InChI=1S/C10H18N2/c1-7-3-9(5-11)10(6-12)4-8(7)2/h3-6,11-12H2,1-2H3. The minimum absolute atomic E-state index is 0.664. The molecule has 0 radical (unpaired) electrons. The molecule has 0 unspecified atom stereocenters. The maximum atomic E-state index is 5.64. The minimum atomic E-state index is 0.664. The highest BCUT2D eigenvalue weighted by molar-refractivity contribution is 5.34. The largest absolute Gasteiger partial charge is 0.327 e. The van der Waals surface area contributed by atoms with Crippen molar-refractivity contribution < 1.29 is 0 Å². The lowest BCUT2D eigenvalue weighted by molar-refractivity contribution is 0.857. The normalized spacial score (nSPS) is 19.0. The first-order chi connectivity index (χ1) is 5.69. The fourth-order valence-corrected chi connectivity index (χ4v) is 1.62. The van der Waals surface area contributed by atoms with E-state index in [1.54, 1.807) is 0 Å². The van der Waals surface area contributed by atoms with Crippen LogP contribution < -0.4 is 11.5 Å². The molecule has 4 N–H and O–H groups in total. The highest BCUT2D eigenvalue weighted by atomic mass is 14.6. The second-order valence-corrected chi connectivity index (χ2v) is 3.53. The van der Waals surface area contributed by atoms with Crippen molar-refractivity contribution in [2.24, 2.45) is 11.5 Å². The van der Waals surface area contributed by atoms with Crippen molar-refractivity contribution in [3.8, 4) is 0 Å². The Morgan fingerprint density at radius 2 is 1.25 bits per heavy atom. The number of nitrogens with two attached hydrogens (primary N) is 2. The molecule has 1 rings (SSSR count). The zero-order valence-corrected chi connectivity index (χ0v) is 7.98. The Morgan fingerprint density at radius 3 is 1.50 bits per heavy atom. The first kappa shape index (κ1) is 9.49. The average Bonchev–Trinajstić information content (AvgIpc) is 2.09. The molecular weight excluding hydrogens is 148 g/mol. The van der Waals surface area contributed by atoms with Crippen LogP contribution in [0.25, 0.3) is 0 Å². The van der Waals surface area contributed by atoms with Crippen LogP contribution >= 0.6 is 0 Å². The highest BCUT2D eigenvalue weighted by Gasteiger charge is 2.13. The summed E-state index contributed by atoms with van der Waals surface area (Å²) in [4.78, 5) is 0. The van der Waals surface area contributed by atoms with E-state index in [9.17, 15) is 0 Å². The SMILES string of the molecule is CC1=C(C)CC(CN)=C(CN)C1. The Labute approximate surface area is 74.3 Å². The van der Waals surface area contributed by atoms with Crippen molar-refractivity contribution in [3.63, 3.8) is 0 Å². The molecule has 0 fully saturated rings. The number of hydrogen-bond acceptors (Lipinski definition) is 2. The molecule has 2 heteroatoms. The molecule has 0 aromatic carbocycles. The van der Waals surface area contributed by atoms with Gasteiger partial charge in [-0.2, -0.15) is 0 Å². The van der Waals surface area contributed by atoms with E-state index >= 15 is 0 Å². The molecule has 1 aliphatic rings. The maximum Gasteiger partial charge on any atom is 0.0143 e. The van der Waals surface area contributed by atoms with Crippen LogP contribution in [0.4, 0.5) is 0 Å². The zero-order valence-electron chi connectivity index (χ0n) is 7.98. The quantitative estimate of drug-likeness (QED) is 0.608. The van der Waals surface area contributed by atoms with Gasteiger partial charge < -0.3 is 11.5 Å². The fourth-order valence-electron chi connectivity index (χ4n) is 1.62. The van der Waals surface area contributed by atoms with E-state index in [4.69, 9.17) is 11.5 Å². The topological polar surface area (TPSA) is 52.0 Å². The first-order valence-electron chi connectivity index (χ1n) is 4.44. The van der Waals surface area contributed by atoms with Gasteiger partial charge in [0.2, 0.25) is 0 Å². The fraction of sp³-hybridized carbons (Fsp3) is 0.600. The van der Waals surface area contributed by atoms with Gasteiger partial charge in [-0.3, -0.25) is 0 Å². The second kappa shape index (κ2) is 3.87. The lowest BCUT2D eigenvalue weighted by Gasteiger charge is -2.21. The molecule has 1 aliphatic carbocycles. The molecule has 0 saturated heterocycles. The summed E-state index contributed by atoms with van der Waals surface area (Å²) < 4.78 is 0. The van der Waals surface area contributed by atoms with Crippen LogP contribution in [0.2, 0.25) is 0 Å². The third kappa shape index (κ3) is 1.76. The van der Waals surface area contributed by atoms with Crippen molar-refractivity contribution in [2.45, 2.75) is 26.7 Å². The summed E-state index contributed by atoms with van der Waals surface area (Å²) >= 11 is 0. The van der Waals surface area contributed by atoms with Crippen LogP contribution in [0.5, 0.6) is 0 Å². The summed E-state index contributed by atoms with van der Waals surface area (Å²) in [5.41, 5.74) is 16.9. The van der Waals surface area contributed by atoms with Gasteiger partial charge in [0, 0.05) is 13.1 Å². The van der Waals surface area contributed by atoms with Gasteiger partial charge in [0.1, 0.15) is 0 Å². The molecule has 0 heterocycles. The predicted octanol–water partition coefficient (Wildman–Crippen LogP) is 1.33. The molecule has 0 bridgehead atoms. The van der Waals surface area contributed by atoms with Crippen LogP contribution in [-0.2, 0) is 0 Å². The van der Waals surface area contributed by atoms with Crippen LogP contribution in [-0.4, -0.2) is 13.1 Å². The van der Waals surface area contributed by atoms with Gasteiger partial charge in [0.05, 0.1) is 0 Å². The zero-order chi connectivity index (χ0) is 9.14. The number of allylic oxidation sites excluding steroid dienone is 2. The molecule has 0 spiro atoms. The monoisotopic (exact) mass is 166 g/mol. The summed E-state index contributed by atoms with van der Waals surface area (Å²) in [5.74, 6) is 0. The first-order valence-corrected chi connectivity index (χ1v) is 4.44. The average molecular weight is 166 g/mol. The smallest absolute Gasteiger partial charge is 0.0143 e. The summed E-state index contributed by atoms with van der Waals surface area (Å²) in [7, 11) is 0. The maximum absolute atomic E-state index is 5.64. The van der Waals surface area contributed by atoms with Crippen molar-refractivity contribution in [1.29, 1.82) is 0 Å². The molecule has 0 aromatic rings. The Balaban J connectivity index is 2.82. The lowest BCUT2D eigenvalue weighted by atomic mass is 9.87. The minimum Gasteiger partial charge on any atom is -0.327 e. The molecular formula is C10H18N2. The Bertz CT molecular complexity index is 212. The Hall–Kier alpha value is -0.600. The van der Waals surface area contributed by atoms with E-state index in [2.05, 4.69) is 13.8 Å². The van der Waals surface area contributed by atoms with Gasteiger partial charge in [-0.05, 0) is 26.7 Å². The molecule has 0 aromatic heterocycles. The summed E-state index contributed by atoms with van der Waals surface area (Å²) in [6.07, 6.45) is 2.07. The Kier molecular flexibility index (Phi) is 3.06. The van der Waals surface area contributed by atoms with Gasteiger partial charge >= 0.3 is 0 Å². The molecule has 0 atom stereocenters. The number of hydrogen-bond donors (Lipinski definition) is 2. The van der Waals surface area contributed by atoms with Gasteiger partial charge in [0.25, 0.3) is 0 Å². The van der Waals surface area contributed by atoms with Crippen molar-refractivity contribution in [1.82, 2.24) is 0 Å². The number of rotatable bonds is 2. The van der Waals surface area contributed by atoms with E-state index in [0.29, 0.717) is 13.1 Å². The van der Waals surface area contributed by atoms with Gasteiger partial charge in [-0.1, -0.05) is 22.3 Å². The van der Waals surface area contributed by atoms with Crippen LogP contribution in [0, 0.1) is 0 Å². The summed E-state index contributed by atoms with van der Waals surface area (Å²) in [6.45, 7) is 5.69. The Morgan fingerprint density at radius 1 is 0.917 bits per heavy atom. The van der Waals surface area contributed by atoms with Crippen LogP contribution in [0.15, 0.2) is 22.3 Å². The van der Waals surface area contributed by atoms with E-state index in [-0.39, 0.29) is 0 Å². The van der Waals surface area contributed by atoms with Gasteiger partial charge in [0.15, 0.2) is 0 Å². The van der Waals surface area contributed by atoms with E-state index in [1.807, 2.05) is 0 Å². The van der Waals surface area contributed by atoms with Gasteiger partial charge in [-0.15, -0.1) is 0 Å². The third-order valence-corrected chi connectivity index (χ3v) is 2.68. The predicted molar refractivity (Wildman–Crippen MR) is 52.7 cm³/mol. The van der Waals surface area contributed by atoms with E-state index in [0.717, 1.165) is 12.8 Å². The molecule has 12 heavy (non-hydrogen) atoms. The second-order valence-electron chi connectivity index (χ2n) is 3.53. The van der Waals surface area contributed by atoms with Crippen molar-refractivity contribution in [2.75, 3.05) is 13.1 Å². The van der Waals surface area contributed by atoms with Gasteiger partial charge in [-0.25, -0.2) is 0 Å². The van der Waals surface area contributed by atoms with Crippen molar-refractivity contribution >= 4 is 0 Å². The molecule has 2 nitrogen and oxygen atoms in total. The molecule has 68 valence electrons. The van der Waals surface area contributed by atoms with Crippen LogP contribution in [0.3, 0.4) is 0 Å². The third-order valence-electron chi connectivity index (χ3n) is 2.68. The lowest BCUT2D eigenvalue weighted by Crippen LogP contribution is -2.16. The highest BCUT2D eigenvalue weighted by Crippen LogP contribution is 2.28. The van der Waals surface area contributed by atoms with Crippen LogP contribution in [0.1, 0.15) is 26.7 Å². The summed E-state index contributed by atoms with van der Waals surface area (Å²) in [5, 5.41) is 0. The van der Waals surface area contributed by atoms with E-state index < -0.39 is 0 Å².